The molecule has 0 spiro atoms. The van der Waals surface area contributed by atoms with Gasteiger partial charge in [-0.25, -0.2) is 0 Å². The van der Waals surface area contributed by atoms with Crippen molar-refractivity contribution >= 4 is 11.8 Å². The summed E-state index contributed by atoms with van der Waals surface area (Å²) in [6, 6.07) is 0. The minimum Gasteiger partial charge on any atom is -0.469 e. The number of carbonyl (C=O) groups excluding carboxylic acids is 2. The van der Waals surface area contributed by atoms with E-state index in [1.165, 1.54) is 20.0 Å². The first kappa shape index (κ1) is 31.0. The highest BCUT2D eigenvalue weighted by Crippen LogP contribution is 2.67. The molecule has 9 atom stereocenters. The summed E-state index contributed by atoms with van der Waals surface area (Å²) in [6.45, 7) is 16.4. The van der Waals surface area contributed by atoms with Gasteiger partial charge in [-0.3, -0.25) is 9.59 Å². The van der Waals surface area contributed by atoms with Crippen LogP contribution in [0.15, 0.2) is 0 Å². The normalized spacial score (nSPS) is 40.6. The fourth-order valence-electron chi connectivity index (χ4n) is 10.1. The Labute approximate surface area is 238 Å². The van der Waals surface area contributed by atoms with E-state index in [9.17, 15) is 14.7 Å². The second-order valence-electron chi connectivity index (χ2n) is 14.3. The zero-order chi connectivity index (χ0) is 28.4. The molecule has 4 saturated carbocycles. The number of nitrogens with zero attached hydrogens (tertiary/aromatic N) is 1. The van der Waals surface area contributed by atoms with E-state index in [4.69, 9.17) is 4.74 Å². The van der Waals surface area contributed by atoms with Gasteiger partial charge in [0.2, 0.25) is 0 Å². The lowest BCUT2D eigenvalue weighted by Crippen LogP contribution is -2.59. The van der Waals surface area contributed by atoms with E-state index in [-0.39, 0.29) is 16.8 Å². The number of rotatable bonds is 12. The predicted molar refractivity (Wildman–Crippen MR) is 156 cm³/mol. The Morgan fingerprint density at radius 3 is 2.56 bits per heavy atom. The molecule has 4 aliphatic rings. The fourth-order valence-corrected chi connectivity index (χ4v) is 10.1. The van der Waals surface area contributed by atoms with Gasteiger partial charge in [-0.05, 0) is 125 Å². The highest BCUT2D eigenvalue weighted by molar-refractivity contribution is 5.87. The van der Waals surface area contributed by atoms with Gasteiger partial charge in [-0.15, -0.1) is 0 Å². The average Bonchev–Trinajstić information content (AvgIpc) is 3.29. The Balaban J connectivity index is 1.37. The molecule has 0 saturated heterocycles. The number of hydrogen-bond donors (Lipinski definition) is 2. The largest absolute Gasteiger partial charge is 0.469 e. The Morgan fingerprint density at radius 2 is 1.87 bits per heavy atom. The van der Waals surface area contributed by atoms with Crippen molar-refractivity contribution in [3.63, 3.8) is 0 Å². The van der Waals surface area contributed by atoms with Gasteiger partial charge in [0.15, 0.2) is 0 Å². The monoisotopic (exact) mass is 546 g/mol. The molecule has 0 bridgehead atoms. The number of nitrogens with one attached hydrogen (secondary N) is 1. The van der Waals surface area contributed by atoms with E-state index in [1.54, 1.807) is 0 Å². The lowest BCUT2D eigenvalue weighted by Gasteiger charge is -2.61. The Kier molecular flexibility index (Phi) is 9.91. The van der Waals surface area contributed by atoms with E-state index in [1.807, 2.05) is 0 Å². The van der Waals surface area contributed by atoms with Crippen molar-refractivity contribution in [2.75, 3.05) is 39.8 Å². The summed E-state index contributed by atoms with van der Waals surface area (Å²) in [5, 5.41) is 15.2. The molecule has 0 aliphatic heterocycles. The van der Waals surface area contributed by atoms with Crippen LogP contribution in [0.25, 0.3) is 0 Å². The molecule has 4 fully saturated rings. The smallest absolute Gasteiger partial charge is 0.305 e. The molecule has 6 heteroatoms. The number of Topliss-reactive ketones (excluding diaryl/α,β-unsaturated/α-hetero) is 1. The molecule has 0 heterocycles. The summed E-state index contributed by atoms with van der Waals surface area (Å²) < 4.78 is 4.88. The molecular formula is C33H58N2O4. The standard InChI is InChI=1S/C33H58N2O4/c1-7-35(8-2)19-9-18-34-22-33(38)17-16-31(4)24(21-33)11-12-25-27-14-13-26(23(3)10-15-30(37)39-6)32(27,5)29(36)20-28(25)31/h23-28,34,38H,7-22H2,1-6H3/t23-,24-,25+,26-,27+,28+,31+,32-,33+/m1/s1. The van der Waals surface area contributed by atoms with Crippen molar-refractivity contribution in [2.45, 2.75) is 111 Å². The van der Waals surface area contributed by atoms with Crippen molar-refractivity contribution in [3.8, 4) is 0 Å². The highest BCUT2D eigenvalue weighted by Gasteiger charge is 2.64. The van der Waals surface area contributed by atoms with Crippen LogP contribution < -0.4 is 5.32 Å². The topological polar surface area (TPSA) is 78.9 Å². The summed E-state index contributed by atoms with van der Waals surface area (Å²) >= 11 is 0. The van der Waals surface area contributed by atoms with E-state index >= 15 is 0 Å². The third-order valence-corrected chi connectivity index (χ3v) is 12.6. The molecule has 6 nitrogen and oxygen atoms in total. The molecule has 0 aromatic carbocycles. The number of hydrogen-bond acceptors (Lipinski definition) is 6. The molecule has 4 rings (SSSR count). The van der Waals surface area contributed by atoms with Crippen LogP contribution in [0, 0.1) is 46.3 Å². The maximum Gasteiger partial charge on any atom is 0.305 e. The Bertz CT molecular complexity index is 861. The number of ether oxygens (including phenoxy) is 1. The SMILES string of the molecule is CCN(CC)CCCNC[C@]1(O)CC[C@@]2(C)[C@H](CC[C@@H]3[C@@H]2CC(=O)[C@]2(C)[C@@H]([C@H](C)CCC(=O)OC)CC[C@@H]32)C1. The fraction of sp³-hybridized carbons (Fsp3) is 0.939. The number of esters is 1. The predicted octanol–water partition coefficient (Wildman–Crippen LogP) is 5.47. The molecular weight excluding hydrogens is 488 g/mol. The summed E-state index contributed by atoms with van der Waals surface area (Å²) in [5.41, 5.74) is -0.708. The van der Waals surface area contributed by atoms with E-state index in [2.05, 4.69) is 44.8 Å². The molecule has 224 valence electrons. The van der Waals surface area contributed by atoms with Crippen molar-refractivity contribution in [1.82, 2.24) is 10.2 Å². The highest BCUT2D eigenvalue weighted by atomic mass is 16.5. The van der Waals surface area contributed by atoms with Gasteiger partial charge in [0.05, 0.1) is 12.7 Å². The number of carbonyl (C=O) groups is 2. The number of fused-ring (bicyclic) bond motifs is 5. The molecule has 2 N–H and O–H groups in total. The first-order valence-corrected chi connectivity index (χ1v) is 16.3. The minimum absolute atomic E-state index is 0.144. The second-order valence-corrected chi connectivity index (χ2v) is 14.3. The zero-order valence-electron chi connectivity index (χ0n) is 25.9. The summed E-state index contributed by atoms with van der Waals surface area (Å²) in [4.78, 5) is 28.3. The van der Waals surface area contributed by atoms with Crippen LogP contribution in [0.5, 0.6) is 0 Å². The van der Waals surface area contributed by atoms with Gasteiger partial charge in [0.1, 0.15) is 5.78 Å². The molecule has 0 aromatic heterocycles. The van der Waals surface area contributed by atoms with Crippen LogP contribution in [-0.2, 0) is 14.3 Å². The molecule has 0 radical (unpaired) electrons. The van der Waals surface area contributed by atoms with Gasteiger partial charge in [0.25, 0.3) is 0 Å². The summed E-state index contributed by atoms with van der Waals surface area (Å²) in [6.07, 6.45) is 10.5. The van der Waals surface area contributed by atoms with E-state index in [0.717, 1.165) is 71.1 Å². The van der Waals surface area contributed by atoms with Gasteiger partial charge < -0.3 is 20.1 Å². The van der Waals surface area contributed by atoms with Crippen LogP contribution in [0.4, 0.5) is 0 Å². The molecule has 4 aliphatic carbocycles. The minimum atomic E-state index is -0.618. The lowest BCUT2D eigenvalue weighted by molar-refractivity contribution is -0.167. The third-order valence-electron chi connectivity index (χ3n) is 12.6. The quantitative estimate of drug-likeness (QED) is 0.250. The molecule has 0 unspecified atom stereocenters. The second kappa shape index (κ2) is 12.5. The van der Waals surface area contributed by atoms with Gasteiger partial charge in [-0.2, -0.15) is 0 Å². The number of aliphatic hydroxyl groups is 1. The molecule has 0 amide bonds. The van der Waals surface area contributed by atoms with Crippen LogP contribution >= 0.6 is 0 Å². The summed E-state index contributed by atoms with van der Waals surface area (Å²) in [7, 11) is 1.46. The third kappa shape index (κ3) is 6.00. The van der Waals surface area contributed by atoms with Gasteiger partial charge in [0, 0.05) is 24.8 Å². The van der Waals surface area contributed by atoms with Crippen LogP contribution in [0.2, 0.25) is 0 Å². The van der Waals surface area contributed by atoms with Crippen molar-refractivity contribution < 1.29 is 19.4 Å². The van der Waals surface area contributed by atoms with Gasteiger partial charge >= 0.3 is 5.97 Å². The number of methoxy groups -OCH3 is 1. The van der Waals surface area contributed by atoms with Crippen molar-refractivity contribution in [2.24, 2.45) is 46.3 Å². The first-order chi connectivity index (χ1) is 18.5. The van der Waals surface area contributed by atoms with Crippen LogP contribution in [0.3, 0.4) is 0 Å². The summed E-state index contributed by atoms with van der Waals surface area (Å²) in [5.74, 6) is 3.12. The van der Waals surface area contributed by atoms with Crippen molar-refractivity contribution in [1.29, 1.82) is 0 Å². The average molecular weight is 547 g/mol. The molecule has 39 heavy (non-hydrogen) atoms. The van der Waals surface area contributed by atoms with E-state index < -0.39 is 5.60 Å². The maximum absolute atomic E-state index is 14.0. The first-order valence-electron chi connectivity index (χ1n) is 16.3. The van der Waals surface area contributed by atoms with Gasteiger partial charge in [-0.1, -0.05) is 34.6 Å². The Hall–Kier alpha value is -0.980. The lowest BCUT2D eigenvalue weighted by atomic mass is 9.43. The zero-order valence-corrected chi connectivity index (χ0v) is 25.9. The Morgan fingerprint density at radius 1 is 1.13 bits per heavy atom. The van der Waals surface area contributed by atoms with Crippen LogP contribution in [-0.4, -0.2) is 67.2 Å². The maximum atomic E-state index is 14.0. The van der Waals surface area contributed by atoms with E-state index in [0.29, 0.717) is 60.7 Å². The molecule has 0 aromatic rings. The van der Waals surface area contributed by atoms with Crippen molar-refractivity contribution in [3.05, 3.63) is 0 Å². The number of ketones is 1. The van der Waals surface area contributed by atoms with Crippen LogP contribution in [0.1, 0.15) is 105 Å².